The van der Waals surface area contributed by atoms with Crippen LogP contribution in [0.1, 0.15) is 33.0 Å². The minimum atomic E-state index is -0.107. The number of nitrogens with one attached hydrogen (secondary N) is 1. The first-order chi connectivity index (χ1) is 16.6. The molecule has 0 bridgehead atoms. The Labute approximate surface area is 202 Å². The van der Waals surface area contributed by atoms with Crippen LogP contribution in [0.2, 0.25) is 0 Å². The molecule has 34 heavy (non-hydrogen) atoms. The predicted octanol–water partition coefficient (Wildman–Crippen LogP) is 4.83. The fraction of sp³-hybridized carbons (Fsp3) is 0.231. The van der Waals surface area contributed by atoms with Gasteiger partial charge in [0.1, 0.15) is 0 Å². The highest BCUT2D eigenvalue weighted by Gasteiger charge is 2.28. The summed E-state index contributed by atoms with van der Waals surface area (Å²) in [5.41, 5.74) is 3.26. The third kappa shape index (κ3) is 3.89. The van der Waals surface area contributed by atoms with Crippen molar-refractivity contribution in [3.8, 4) is 17.2 Å². The van der Waals surface area contributed by atoms with Crippen molar-refractivity contribution in [1.29, 1.82) is 0 Å². The molecule has 8 heteroatoms. The number of rotatable bonds is 7. The van der Waals surface area contributed by atoms with Gasteiger partial charge in [0.25, 0.3) is 0 Å². The van der Waals surface area contributed by atoms with Crippen molar-refractivity contribution >= 4 is 28.4 Å². The van der Waals surface area contributed by atoms with Gasteiger partial charge in [0.15, 0.2) is 17.3 Å². The van der Waals surface area contributed by atoms with Crippen LogP contribution >= 0.6 is 11.8 Å². The number of aromatic nitrogens is 2. The molecule has 2 aromatic heterocycles. The average molecular weight is 476 g/mol. The van der Waals surface area contributed by atoms with Gasteiger partial charge in [0.2, 0.25) is 5.75 Å². The third-order valence-corrected chi connectivity index (χ3v) is 7.27. The molecule has 0 spiro atoms. The Hall–Kier alpha value is -3.49. The zero-order chi connectivity index (χ0) is 23.7. The van der Waals surface area contributed by atoms with Gasteiger partial charge < -0.3 is 18.8 Å². The molecule has 2 aromatic carbocycles. The lowest BCUT2D eigenvalue weighted by molar-refractivity contribution is 0.103. The number of carbonyl (C=O) groups is 1. The fourth-order valence-corrected chi connectivity index (χ4v) is 5.59. The van der Waals surface area contributed by atoms with E-state index in [-0.39, 0.29) is 17.3 Å². The smallest absolute Gasteiger partial charge is 0.203 e. The van der Waals surface area contributed by atoms with E-state index in [1.54, 1.807) is 25.4 Å². The summed E-state index contributed by atoms with van der Waals surface area (Å²) in [6.07, 6.45) is 5.83. The lowest BCUT2D eigenvalue weighted by Crippen LogP contribution is -2.23. The van der Waals surface area contributed by atoms with E-state index < -0.39 is 0 Å². The van der Waals surface area contributed by atoms with Crippen LogP contribution in [0.5, 0.6) is 17.2 Å². The van der Waals surface area contributed by atoms with Crippen LogP contribution in [0.4, 0.5) is 0 Å². The van der Waals surface area contributed by atoms with Gasteiger partial charge in [0, 0.05) is 40.9 Å². The van der Waals surface area contributed by atoms with Gasteiger partial charge in [-0.2, -0.15) is 0 Å². The van der Waals surface area contributed by atoms with Crippen molar-refractivity contribution < 1.29 is 19.0 Å². The highest BCUT2D eigenvalue weighted by atomic mass is 32.2. The number of benzene rings is 2. The first kappa shape index (κ1) is 22.3. The minimum Gasteiger partial charge on any atom is -0.493 e. The van der Waals surface area contributed by atoms with Crippen LogP contribution in [0.15, 0.2) is 67.1 Å². The second kappa shape index (κ2) is 9.40. The van der Waals surface area contributed by atoms with Gasteiger partial charge in [-0.25, -0.2) is 0 Å². The summed E-state index contributed by atoms with van der Waals surface area (Å²) in [6, 6.07) is 15.2. The molecule has 1 aliphatic heterocycles. The molecule has 174 valence electrons. The van der Waals surface area contributed by atoms with E-state index in [2.05, 4.69) is 20.9 Å². The predicted molar refractivity (Wildman–Crippen MR) is 133 cm³/mol. The molecule has 1 aliphatic rings. The quantitative estimate of drug-likeness (QED) is 0.384. The number of carbonyl (C=O) groups excluding carboxylic acids is 1. The molecule has 1 saturated heterocycles. The molecule has 2 atom stereocenters. The van der Waals surface area contributed by atoms with Crippen molar-refractivity contribution in [2.45, 2.75) is 11.5 Å². The van der Waals surface area contributed by atoms with E-state index in [0.717, 1.165) is 22.2 Å². The van der Waals surface area contributed by atoms with Gasteiger partial charge in [-0.05, 0) is 35.9 Å². The molecular formula is C26H25N3O4S. The lowest BCUT2D eigenvalue weighted by atomic mass is 9.99. The molecule has 0 amide bonds. The van der Waals surface area contributed by atoms with Crippen molar-refractivity contribution in [3.63, 3.8) is 0 Å². The van der Waals surface area contributed by atoms with Crippen molar-refractivity contribution in [3.05, 3.63) is 83.8 Å². The lowest BCUT2D eigenvalue weighted by Gasteiger charge is -2.17. The molecule has 2 unspecified atom stereocenters. The summed E-state index contributed by atoms with van der Waals surface area (Å²) in [6.45, 7) is 0. The monoisotopic (exact) mass is 475 g/mol. The summed E-state index contributed by atoms with van der Waals surface area (Å²) in [5.74, 6) is 2.16. The van der Waals surface area contributed by atoms with Crippen LogP contribution in [-0.4, -0.2) is 42.4 Å². The Morgan fingerprint density at radius 2 is 1.85 bits per heavy atom. The van der Waals surface area contributed by atoms with E-state index in [4.69, 9.17) is 14.2 Å². The molecule has 0 aliphatic carbocycles. The standard InChI is InChI=1S/C26H25N3O4S/c1-31-21-12-17(13-22(32-2)25(21)33-3)24(30)19-7-4-8-20-18(19)9-11-29(20)23-15-34-26(28-23)16-6-5-10-27-14-16/h4-14,23,26,28H,15H2,1-3H3. The zero-order valence-corrected chi connectivity index (χ0v) is 20.0. The summed E-state index contributed by atoms with van der Waals surface area (Å²) in [7, 11) is 4.62. The normalized spacial score (nSPS) is 17.6. The van der Waals surface area contributed by atoms with Crippen molar-refractivity contribution in [2.75, 3.05) is 27.1 Å². The number of nitrogens with zero attached hydrogens (tertiary/aromatic N) is 2. The van der Waals surface area contributed by atoms with Gasteiger partial charge in [0.05, 0.1) is 38.4 Å². The maximum Gasteiger partial charge on any atom is 0.203 e. The average Bonchev–Trinajstić information content (AvgIpc) is 3.55. The summed E-state index contributed by atoms with van der Waals surface area (Å²) >= 11 is 1.85. The topological polar surface area (TPSA) is 74.6 Å². The van der Waals surface area contributed by atoms with E-state index in [1.165, 1.54) is 14.2 Å². The molecule has 0 radical (unpaired) electrons. The number of fused-ring (bicyclic) bond motifs is 1. The molecule has 0 saturated carbocycles. The largest absolute Gasteiger partial charge is 0.493 e. The van der Waals surface area contributed by atoms with E-state index in [0.29, 0.717) is 28.4 Å². The van der Waals surface area contributed by atoms with Gasteiger partial charge in [-0.3, -0.25) is 15.1 Å². The molecule has 4 aromatic rings. The Bertz CT molecular complexity index is 1310. The number of pyridine rings is 1. The maximum absolute atomic E-state index is 13.6. The molecule has 3 heterocycles. The molecule has 7 nitrogen and oxygen atoms in total. The summed E-state index contributed by atoms with van der Waals surface area (Å²) in [5, 5.41) is 4.76. The Morgan fingerprint density at radius 3 is 2.53 bits per heavy atom. The fourth-order valence-electron chi connectivity index (χ4n) is 4.37. The number of hydrogen-bond donors (Lipinski definition) is 1. The Kier molecular flexibility index (Phi) is 6.17. The van der Waals surface area contributed by atoms with Crippen molar-refractivity contribution in [1.82, 2.24) is 14.9 Å². The van der Waals surface area contributed by atoms with E-state index in [9.17, 15) is 4.79 Å². The van der Waals surface area contributed by atoms with Gasteiger partial charge >= 0.3 is 0 Å². The molecular weight excluding hydrogens is 450 g/mol. The van der Waals surface area contributed by atoms with Crippen LogP contribution in [0.3, 0.4) is 0 Å². The summed E-state index contributed by atoms with van der Waals surface area (Å²) < 4.78 is 18.5. The first-order valence-electron chi connectivity index (χ1n) is 10.9. The van der Waals surface area contributed by atoms with Gasteiger partial charge in [-0.1, -0.05) is 18.2 Å². The minimum absolute atomic E-state index is 0.107. The molecule has 1 N–H and O–H groups in total. The Morgan fingerprint density at radius 1 is 1.06 bits per heavy atom. The van der Waals surface area contributed by atoms with Crippen LogP contribution in [-0.2, 0) is 0 Å². The number of methoxy groups -OCH3 is 3. The highest BCUT2D eigenvalue weighted by molar-refractivity contribution is 7.99. The number of hydrogen-bond acceptors (Lipinski definition) is 7. The molecule has 5 rings (SSSR count). The number of ketones is 1. The number of thioether (sulfide) groups is 1. The van der Waals surface area contributed by atoms with Crippen LogP contribution in [0.25, 0.3) is 10.9 Å². The van der Waals surface area contributed by atoms with Crippen LogP contribution < -0.4 is 19.5 Å². The van der Waals surface area contributed by atoms with Crippen molar-refractivity contribution in [2.24, 2.45) is 0 Å². The summed E-state index contributed by atoms with van der Waals surface area (Å²) in [4.78, 5) is 17.8. The second-order valence-corrected chi connectivity index (χ2v) is 9.02. The first-order valence-corrected chi connectivity index (χ1v) is 11.9. The molecule has 1 fully saturated rings. The maximum atomic E-state index is 13.6. The van der Waals surface area contributed by atoms with E-state index in [1.807, 2.05) is 54.5 Å². The SMILES string of the molecule is COc1cc(C(=O)c2cccc3c2ccn3C2CSC(c3cccnc3)N2)cc(OC)c1OC. The highest BCUT2D eigenvalue weighted by Crippen LogP contribution is 2.40. The van der Waals surface area contributed by atoms with Gasteiger partial charge in [-0.15, -0.1) is 11.8 Å². The Balaban J connectivity index is 1.48. The van der Waals surface area contributed by atoms with Crippen LogP contribution in [0, 0.1) is 0 Å². The van der Waals surface area contributed by atoms with E-state index >= 15 is 0 Å². The third-order valence-electron chi connectivity index (χ3n) is 6.02. The zero-order valence-electron chi connectivity index (χ0n) is 19.1. The number of ether oxygens (including phenoxy) is 3. The second-order valence-electron chi connectivity index (χ2n) is 7.89.